The van der Waals surface area contributed by atoms with E-state index in [2.05, 4.69) is 10.6 Å². The molecule has 5 heteroatoms. The van der Waals surface area contributed by atoms with Gasteiger partial charge in [0.2, 0.25) is 5.91 Å². The summed E-state index contributed by atoms with van der Waals surface area (Å²) in [5.74, 6) is 0.475. The Labute approximate surface area is 136 Å². The van der Waals surface area contributed by atoms with Crippen LogP contribution in [0.3, 0.4) is 0 Å². The zero-order valence-electron chi connectivity index (χ0n) is 12.7. The third kappa shape index (κ3) is 5.68. The van der Waals surface area contributed by atoms with Gasteiger partial charge in [0, 0.05) is 30.1 Å². The van der Waals surface area contributed by atoms with Gasteiger partial charge in [0.05, 0.1) is 0 Å². The van der Waals surface area contributed by atoms with Crippen molar-refractivity contribution in [3.05, 3.63) is 34.9 Å². The van der Waals surface area contributed by atoms with Crippen molar-refractivity contribution in [2.75, 3.05) is 13.1 Å². The van der Waals surface area contributed by atoms with Crippen molar-refractivity contribution in [1.29, 1.82) is 0 Å². The van der Waals surface area contributed by atoms with E-state index >= 15 is 0 Å². The molecule has 2 N–H and O–H groups in total. The predicted octanol–water partition coefficient (Wildman–Crippen LogP) is 3.16. The van der Waals surface area contributed by atoms with Crippen molar-refractivity contribution < 1.29 is 9.59 Å². The van der Waals surface area contributed by atoms with Gasteiger partial charge in [-0.25, -0.2) is 0 Å². The van der Waals surface area contributed by atoms with Crippen LogP contribution in [0.4, 0.5) is 0 Å². The number of hydrogen-bond acceptors (Lipinski definition) is 2. The van der Waals surface area contributed by atoms with Gasteiger partial charge in [-0.15, -0.1) is 0 Å². The lowest BCUT2D eigenvalue weighted by Crippen LogP contribution is -2.35. The number of amides is 2. The molecule has 0 saturated heterocycles. The Bertz CT molecular complexity index is 496. The molecule has 1 aromatic rings. The van der Waals surface area contributed by atoms with E-state index in [1.54, 1.807) is 24.3 Å². The van der Waals surface area contributed by atoms with E-state index in [-0.39, 0.29) is 11.8 Å². The third-order valence-corrected chi connectivity index (χ3v) is 4.29. The molecule has 0 aliphatic heterocycles. The van der Waals surface area contributed by atoms with Gasteiger partial charge in [-0.1, -0.05) is 30.9 Å². The molecular weight excluding hydrogens is 300 g/mol. The normalized spacial score (nSPS) is 15.3. The van der Waals surface area contributed by atoms with Crippen LogP contribution < -0.4 is 10.6 Å². The lowest BCUT2D eigenvalue weighted by molar-refractivity contribution is -0.122. The summed E-state index contributed by atoms with van der Waals surface area (Å²) in [7, 11) is 0. The second kappa shape index (κ2) is 8.79. The first-order valence-corrected chi connectivity index (χ1v) is 8.33. The molecule has 0 atom stereocenters. The molecule has 1 aliphatic carbocycles. The second-order valence-electron chi connectivity index (χ2n) is 5.82. The molecule has 0 heterocycles. The summed E-state index contributed by atoms with van der Waals surface area (Å²) < 4.78 is 0. The van der Waals surface area contributed by atoms with Crippen LogP contribution >= 0.6 is 11.6 Å². The molecular formula is C17H23ClN2O2. The molecule has 0 aromatic heterocycles. The van der Waals surface area contributed by atoms with Crippen LogP contribution in [0.25, 0.3) is 0 Å². The Hall–Kier alpha value is -1.55. The summed E-state index contributed by atoms with van der Waals surface area (Å²) in [6.45, 7) is 0.892. The van der Waals surface area contributed by atoms with E-state index in [9.17, 15) is 9.59 Å². The van der Waals surface area contributed by atoms with Crippen LogP contribution in [0.5, 0.6) is 0 Å². The van der Waals surface area contributed by atoms with Crippen LogP contribution in [-0.4, -0.2) is 24.9 Å². The number of nitrogens with one attached hydrogen (secondary N) is 2. The lowest BCUT2D eigenvalue weighted by Gasteiger charge is -2.20. The summed E-state index contributed by atoms with van der Waals surface area (Å²) >= 11 is 5.78. The minimum atomic E-state index is -0.154. The molecule has 0 bridgehead atoms. The number of benzene rings is 1. The molecule has 0 spiro atoms. The average Bonchev–Trinajstić information content (AvgIpc) is 2.53. The molecule has 0 unspecified atom stereocenters. The van der Waals surface area contributed by atoms with Crippen LogP contribution in [0, 0.1) is 5.92 Å². The van der Waals surface area contributed by atoms with Crippen molar-refractivity contribution in [2.24, 2.45) is 5.92 Å². The molecule has 0 radical (unpaired) electrons. The van der Waals surface area contributed by atoms with E-state index in [1.807, 2.05) is 0 Å². The number of halogens is 1. The largest absolute Gasteiger partial charge is 0.354 e. The third-order valence-electron chi connectivity index (χ3n) is 4.04. The van der Waals surface area contributed by atoms with Gasteiger partial charge >= 0.3 is 0 Å². The first-order chi connectivity index (χ1) is 10.6. The minimum absolute atomic E-state index is 0.0904. The van der Waals surface area contributed by atoms with Crippen LogP contribution in [0.15, 0.2) is 24.3 Å². The summed E-state index contributed by atoms with van der Waals surface area (Å²) in [5.41, 5.74) is 0.568. The predicted molar refractivity (Wildman–Crippen MR) is 88.0 cm³/mol. The maximum atomic E-state index is 11.9. The fourth-order valence-electron chi connectivity index (χ4n) is 2.81. The summed E-state index contributed by atoms with van der Waals surface area (Å²) in [4.78, 5) is 23.7. The van der Waals surface area contributed by atoms with Gasteiger partial charge in [0.15, 0.2) is 0 Å². The lowest BCUT2D eigenvalue weighted by atomic mass is 9.87. The molecule has 1 saturated carbocycles. The number of carbonyl (C=O) groups is 2. The number of hydrogen-bond donors (Lipinski definition) is 2. The first kappa shape index (κ1) is 16.8. The van der Waals surface area contributed by atoms with Crippen molar-refractivity contribution in [2.45, 2.75) is 38.5 Å². The first-order valence-electron chi connectivity index (χ1n) is 7.95. The van der Waals surface area contributed by atoms with Crippen LogP contribution in [-0.2, 0) is 4.79 Å². The summed E-state index contributed by atoms with van der Waals surface area (Å²) in [6, 6.07) is 6.73. The Balaban J connectivity index is 1.61. The van der Waals surface area contributed by atoms with E-state index in [4.69, 9.17) is 11.6 Å². The second-order valence-corrected chi connectivity index (χ2v) is 6.26. The highest BCUT2D eigenvalue weighted by atomic mass is 35.5. The summed E-state index contributed by atoms with van der Waals surface area (Å²) in [6.07, 6.45) is 6.74. The molecule has 1 fully saturated rings. The summed E-state index contributed by atoms with van der Waals surface area (Å²) in [5, 5.41) is 6.26. The maximum Gasteiger partial charge on any atom is 0.251 e. The van der Waals surface area contributed by atoms with E-state index in [1.165, 1.54) is 32.1 Å². The van der Waals surface area contributed by atoms with Gasteiger partial charge < -0.3 is 10.6 Å². The van der Waals surface area contributed by atoms with Gasteiger partial charge in [0.1, 0.15) is 0 Å². The van der Waals surface area contributed by atoms with Crippen LogP contribution in [0.2, 0.25) is 5.02 Å². The van der Waals surface area contributed by atoms with Gasteiger partial charge in [0.25, 0.3) is 5.91 Å². The maximum absolute atomic E-state index is 11.9. The fourth-order valence-corrected chi connectivity index (χ4v) is 2.93. The molecule has 1 aliphatic rings. The Morgan fingerprint density at radius 2 is 1.64 bits per heavy atom. The van der Waals surface area contributed by atoms with Gasteiger partial charge in [-0.2, -0.15) is 0 Å². The highest BCUT2D eigenvalue weighted by Gasteiger charge is 2.16. The van der Waals surface area contributed by atoms with Crippen molar-refractivity contribution >= 4 is 23.4 Å². The average molecular weight is 323 g/mol. The van der Waals surface area contributed by atoms with Crippen LogP contribution in [0.1, 0.15) is 48.9 Å². The number of rotatable bonds is 6. The Morgan fingerprint density at radius 3 is 2.32 bits per heavy atom. The highest BCUT2D eigenvalue weighted by Crippen LogP contribution is 2.25. The molecule has 4 nitrogen and oxygen atoms in total. The monoisotopic (exact) mass is 322 g/mol. The standard InChI is InChI=1S/C17H23ClN2O2/c18-15-8-6-14(7-9-15)17(22)20-11-10-19-16(21)12-13-4-2-1-3-5-13/h6-9,13H,1-5,10-12H2,(H,19,21)(H,20,22). The van der Waals surface area contributed by atoms with E-state index < -0.39 is 0 Å². The van der Waals surface area contributed by atoms with Crippen molar-refractivity contribution in [1.82, 2.24) is 10.6 Å². The van der Waals surface area contributed by atoms with E-state index in [0.29, 0.717) is 36.0 Å². The van der Waals surface area contributed by atoms with E-state index in [0.717, 1.165) is 0 Å². The smallest absolute Gasteiger partial charge is 0.251 e. The quantitative estimate of drug-likeness (QED) is 0.790. The Morgan fingerprint density at radius 1 is 1.00 bits per heavy atom. The zero-order valence-corrected chi connectivity index (χ0v) is 13.5. The van der Waals surface area contributed by atoms with Crippen molar-refractivity contribution in [3.63, 3.8) is 0 Å². The zero-order chi connectivity index (χ0) is 15.8. The van der Waals surface area contributed by atoms with Crippen molar-refractivity contribution in [3.8, 4) is 0 Å². The minimum Gasteiger partial charge on any atom is -0.354 e. The fraction of sp³-hybridized carbons (Fsp3) is 0.529. The Kier molecular flexibility index (Phi) is 6.72. The van der Waals surface area contributed by atoms with Gasteiger partial charge in [-0.3, -0.25) is 9.59 Å². The molecule has 120 valence electrons. The van der Waals surface area contributed by atoms with Gasteiger partial charge in [-0.05, 0) is 43.0 Å². The SMILES string of the molecule is O=C(CC1CCCCC1)NCCNC(=O)c1ccc(Cl)cc1. The molecule has 2 amide bonds. The molecule has 2 rings (SSSR count). The highest BCUT2D eigenvalue weighted by molar-refractivity contribution is 6.30. The number of carbonyl (C=O) groups excluding carboxylic acids is 2. The molecule has 1 aromatic carbocycles. The topological polar surface area (TPSA) is 58.2 Å². The molecule has 22 heavy (non-hydrogen) atoms.